The maximum atomic E-state index is 9.62. The molecule has 13 heavy (non-hydrogen) atoms. The topological polar surface area (TPSA) is 42.4 Å². The summed E-state index contributed by atoms with van der Waals surface area (Å²) in [5, 5.41) is 9.62. The van der Waals surface area contributed by atoms with Gasteiger partial charge >= 0.3 is 0 Å². The maximum absolute atomic E-state index is 9.62. The molecule has 1 heterocycles. The van der Waals surface area contributed by atoms with Crippen molar-refractivity contribution in [1.29, 1.82) is 0 Å². The number of ether oxygens (including phenoxy) is 1. The summed E-state index contributed by atoms with van der Waals surface area (Å²) in [5.74, 6) is 0. The smallest absolute Gasteiger partial charge is 0.102 e. The van der Waals surface area contributed by atoms with Crippen molar-refractivity contribution in [2.75, 3.05) is 13.2 Å². The quantitative estimate of drug-likeness (QED) is 0.764. The molecule has 1 rings (SSSR count). The molecule has 0 aliphatic rings. The summed E-state index contributed by atoms with van der Waals surface area (Å²) in [6, 6.07) is 3.67. The van der Waals surface area contributed by atoms with E-state index >= 15 is 0 Å². The molecule has 0 radical (unpaired) electrons. The molecule has 1 aromatic heterocycles. The van der Waals surface area contributed by atoms with Gasteiger partial charge in [0.25, 0.3) is 0 Å². The average Bonchev–Trinajstić information content (AvgIpc) is 2.14. The summed E-state index contributed by atoms with van der Waals surface area (Å²) in [6.07, 6.45) is 1.15. The van der Waals surface area contributed by atoms with Gasteiger partial charge in [0.1, 0.15) is 6.10 Å². The second-order valence-electron chi connectivity index (χ2n) is 2.91. The normalized spacial score (nSPS) is 12.8. The van der Waals surface area contributed by atoms with Crippen LogP contribution in [0.3, 0.4) is 0 Å². The Bertz CT molecular complexity index is 263. The minimum Gasteiger partial charge on any atom is -0.386 e. The van der Waals surface area contributed by atoms with Gasteiger partial charge in [0, 0.05) is 18.5 Å². The van der Waals surface area contributed by atoms with Crippen LogP contribution in [0.5, 0.6) is 0 Å². The van der Waals surface area contributed by atoms with Crippen LogP contribution in [-0.2, 0) is 4.74 Å². The van der Waals surface area contributed by atoms with Crippen molar-refractivity contribution in [3.8, 4) is 0 Å². The zero-order chi connectivity index (χ0) is 9.68. The molecule has 0 saturated carbocycles. The average molecular weight is 181 g/mol. The van der Waals surface area contributed by atoms with E-state index < -0.39 is 6.10 Å². The lowest BCUT2D eigenvalue weighted by Gasteiger charge is -2.10. The van der Waals surface area contributed by atoms with E-state index in [2.05, 4.69) is 4.98 Å². The highest BCUT2D eigenvalue weighted by Crippen LogP contribution is 2.12. The van der Waals surface area contributed by atoms with Gasteiger partial charge in [-0.05, 0) is 31.5 Å². The summed E-state index contributed by atoms with van der Waals surface area (Å²) in [6.45, 7) is 4.78. The Balaban J connectivity index is 2.60. The van der Waals surface area contributed by atoms with Crippen molar-refractivity contribution in [3.05, 3.63) is 29.6 Å². The van der Waals surface area contributed by atoms with Gasteiger partial charge in [0.15, 0.2) is 0 Å². The van der Waals surface area contributed by atoms with Gasteiger partial charge in [-0.2, -0.15) is 0 Å². The molecule has 72 valence electrons. The molecular weight excluding hydrogens is 166 g/mol. The highest BCUT2D eigenvalue weighted by Gasteiger charge is 2.06. The number of aliphatic hydroxyl groups excluding tert-OH is 1. The van der Waals surface area contributed by atoms with E-state index in [0.29, 0.717) is 13.2 Å². The highest BCUT2D eigenvalue weighted by atomic mass is 16.5. The zero-order valence-corrected chi connectivity index (χ0v) is 8.03. The van der Waals surface area contributed by atoms with Gasteiger partial charge in [-0.15, -0.1) is 0 Å². The van der Waals surface area contributed by atoms with E-state index in [4.69, 9.17) is 4.74 Å². The molecule has 1 aromatic rings. The number of hydrogen-bond acceptors (Lipinski definition) is 3. The first-order chi connectivity index (χ1) is 6.24. The summed E-state index contributed by atoms with van der Waals surface area (Å²) in [7, 11) is 0. The highest BCUT2D eigenvalue weighted by molar-refractivity contribution is 5.17. The summed E-state index contributed by atoms with van der Waals surface area (Å²) in [5.41, 5.74) is 1.77. The Morgan fingerprint density at radius 1 is 1.62 bits per heavy atom. The van der Waals surface area contributed by atoms with E-state index in [1.165, 1.54) is 0 Å². The lowest BCUT2D eigenvalue weighted by atomic mass is 10.1. The molecular formula is C10H15NO2. The zero-order valence-electron chi connectivity index (χ0n) is 8.03. The number of rotatable bonds is 4. The summed E-state index contributed by atoms with van der Waals surface area (Å²) in [4.78, 5) is 4.05. The Morgan fingerprint density at radius 2 is 2.38 bits per heavy atom. The number of aliphatic hydroxyl groups is 1. The molecule has 1 unspecified atom stereocenters. The number of pyridine rings is 1. The molecule has 1 N–H and O–H groups in total. The van der Waals surface area contributed by atoms with Gasteiger partial charge in [-0.1, -0.05) is 0 Å². The number of aryl methyl sites for hydroxylation is 1. The van der Waals surface area contributed by atoms with Crippen LogP contribution >= 0.6 is 0 Å². The summed E-state index contributed by atoms with van der Waals surface area (Å²) < 4.78 is 5.12. The Morgan fingerprint density at radius 3 is 3.00 bits per heavy atom. The predicted octanol–water partition coefficient (Wildman–Crippen LogP) is 1.46. The first-order valence-electron chi connectivity index (χ1n) is 4.42. The third-order valence-electron chi connectivity index (χ3n) is 1.79. The Labute approximate surface area is 78.4 Å². The van der Waals surface area contributed by atoms with Crippen LogP contribution in [0.4, 0.5) is 0 Å². The van der Waals surface area contributed by atoms with E-state index in [1.54, 1.807) is 12.3 Å². The van der Waals surface area contributed by atoms with Crippen molar-refractivity contribution in [2.45, 2.75) is 20.0 Å². The largest absolute Gasteiger partial charge is 0.386 e. The van der Waals surface area contributed by atoms with Gasteiger partial charge in [-0.3, -0.25) is 4.98 Å². The third kappa shape index (κ3) is 3.13. The van der Waals surface area contributed by atoms with E-state index in [-0.39, 0.29) is 0 Å². The Kier molecular flexibility index (Phi) is 3.86. The molecule has 0 amide bonds. The summed E-state index contributed by atoms with van der Waals surface area (Å²) >= 11 is 0. The van der Waals surface area contributed by atoms with Gasteiger partial charge < -0.3 is 9.84 Å². The maximum Gasteiger partial charge on any atom is 0.102 e. The van der Waals surface area contributed by atoms with Crippen molar-refractivity contribution < 1.29 is 9.84 Å². The molecule has 3 heteroatoms. The molecule has 1 atom stereocenters. The van der Waals surface area contributed by atoms with Gasteiger partial charge in [-0.25, -0.2) is 0 Å². The van der Waals surface area contributed by atoms with Crippen LogP contribution in [0.25, 0.3) is 0 Å². The van der Waals surface area contributed by atoms with Crippen LogP contribution in [0, 0.1) is 6.92 Å². The Hall–Kier alpha value is -0.930. The monoisotopic (exact) mass is 181 g/mol. The number of aromatic nitrogens is 1. The molecule has 0 saturated heterocycles. The number of hydrogen-bond donors (Lipinski definition) is 1. The minimum absolute atomic E-state index is 0.347. The molecule has 0 bridgehead atoms. The SMILES string of the molecule is CCOCC(O)c1ccnc(C)c1. The fourth-order valence-corrected chi connectivity index (χ4v) is 1.10. The van der Waals surface area contributed by atoms with Gasteiger partial charge in [0.2, 0.25) is 0 Å². The van der Waals surface area contributed by atoms with Crippen molar-refractivity contribution in [3.63, 3.8) is 0 Å². The molecule has 3 nitrogen and oxygen atoms in total. The molecule has 0 spiro atoms. The van der Waals surface area contributed by atoms with E-state index in [0.717, 1.165) is 11.3 Å². The van der Waals surface area contributed by atoms with Crippen molar-refractivity contribution in [2.24, 2.45) is 0 Å². The standard InChI is InChI=1S/C10H15NO2/c1-3-13-7-10(12)9-4-5-11-8(2)6-9/h4-6,10,12H,3,7H2,1-2H3. The molecule has 0 fully saturated rings. The fourth-order valence-electron chi connectivity index (χ4n) is 1.10. The first kappa shape index (κ1) is 10.2. The second kappa shape index (κ2) is 4.94. The van der Waals surface area contributed by atoms with Crippen LogP contribution in [0.15, 0.2) is 18.3 Å². The van der Waals surface area contributed by atoms with E-state index in [9.17, 15) is 5.11 Å². The number of nitrogens with zero attached hydrogens (tertiary/aromatic N) is 1. The minimum atomic E-state index is -0.540. The lowest BCUT2D eigenvalue weighted by molar-refractivity contribution is 0.0419. The van der Waals surface area contributed by atoms with Crippen LogP contribution in [0.2, 0.25) is 0 Å². The second-order valence-corrected chi connectivity index (χ2v) is 2.91. The third-order valence-corrected chi connectivity index (χ3v) is 1.79. The molecule has 0 aliphatic carbocycles. The lowest BCUT2D eigenvalue weighted by Crippen LogP contribution is -2.07. The first-order valence-corrected chi connectivity index (χ1v) is 4.42. The van der Waals surface area contributed by atoms with Crippen LogP contribution in [0.1, 0.15) is 24.3 Å². The fraction of sp³-hybridized carbons (Fsp3) is 0.500. The molecule has 0 aromatic carbocycles. The van der Waals surface area contributed by atoms with E-state index in [1.807, 2.05) is 19.9 Å². The molecule has 0 aliphatic heterocycles. The van der Waals surface area contributed by atoms with Crippen LogP contribution in [-0.4, -0.2) is 23.3 Å². The van der Waals surface area contributed by atoms with Crippen LogP contribution < -0.4 is 0 Å². The predicted molar refractivity (Wildman–Crippen MR) is 50.4 cm³/mol. The van der Waals surface area contributed by atoms with Crippen molar-refractivity contribution >= 4 is 0 Å². The van der Waals surface area contributed by atoms with Crippen molar-refractivity contribution in [1.82, 2.24) is 4.98 Å². The van der Waals surface area contributed by atoms with Gasteiger partial charge in [0.05, 0.1) is 6.61 Å².